The molecule has 0 aliphatic rings. The van der Waals surface area contributed by atoms with Crippen LogP contribution in [-0.2, 0) is 14.1 Å². The van der Waals surface area contributed by atoms with Crippen LogP contribution in [0.4, 0.5) is 11.5 Å². The fourth-order valence-corrected chi connectivity index (χ4v) is 2.32. The van der Waals surface area contributed by atoms with E-state index in [1.807, 2.05) is 24.3 Å². The Bertz CT molecular complexity index is 837. The van der Waals surface area contributed by atoms with Crippen molar-refractivity contribution in [2.75, 3.05) is 17.6 Å². The molecule has 3 N–H and O–H groups in total. The van der Waals surface area contributed by atoms with Crippen LogP contribution in [0.3, 0.4) is 0 Å². The summed E-state index contributed by atoms with van der Waals surface area (Å²) in [5, 5.41) is 2.93. The Morgan fingerprint density at radius 3 is 2.36 bits per heavy atom. The van der Waals surface area contributed by atoms with Gasteiger partial charge in [0.15, 0.2) is 5.78 Å². The molecule has 1 aromatic heterocycles. The number of Topliss-reactive ketones (excluding diaryl/α,β-unsaturated/α-hetero) is 1. The number of carbonyl (C=O) groups excluding carboxylic acids is 1. The van der Waals surface area contributed by atoms with Crippen molar-refractivity contribution in [2.24, 2.45) is 14.1 Å². The van der Waals surface area contributed by atoms with Crippen LogP contribution in [-0.4, -0.2) is 21.5 Å². The Kier molecular flexibility index (Phi) is 4.69. The fraction of sp³-hybridized carbons (Fsp3) is 0.214. The van der Waals surface area contributed by atoms with E-state index in [1.54, 1.807) is 0 Å². The van der Waals surface area contributed by atoms with Crippen molar-refractivity contribution in [3.8, 4) is 0 Å². The molecule has 2 rings (SSSR count). The largest absolute Gasteiger partial charge is 0.384 e. The van der Waals surface area contributed by atoms with Gasteiger partial charge in [0, 0.05) is 23.4 Å². The lowest BCUT2D eigenvalue weighted by atomic mass is 10.2. The minimum atomic E-state index is -0.685. The van der Waals surface area contributed by atoms with Crippen LogP contribution < -0.4 is 22.3 Å². The standard InChI is InChI=1S/C14H15IN4O3/c1-18-12(16)11(13(21)19(2)14(18)22)10(20)7-17-9-5-3-8(15)4-6-9/h3-6,17H,7,16H2,1-2H3. The van der Waals surface area contributed by atoms with Crippen molar-refractivity contribution >= 4 is 39.9 Å². The molecule has 0 unspecified atom stereocenters. The van der Waals surface area contributed by atoms with Crippen LogP contribution in [0, 0.1) is 3.57 Å². The van der Waals surface area contributed by atoms with E-state index in [-0.39, 0.29) is 17.9 Å². The molecular weight excluding hydrogens is 399 g/mol. The molecule has 7 nitrogen and oxygen atoms in total. The van der Waals surface area contributed by atoms with Gasteiger partial charge in [-0.1, -0.05) is 0 Å². The number of benzene rings is 1. The maximum absolute atomic E-state index is 12.3. The summed E-state index contributed by atoms with van der Waals surface area (Å²) >= 11 is 2.18. The third-order valence-electron chi connectivity index (χ3n) is 3.29. The monoisotopic (exact) mass is 414 g/mol. The lowest BCUT2D eigenvalue weighted by Crippen LogP contribution is -2.42. The van der Waals surface area contributed by atoms with Gasteiger partial charge in [0.2, 0.25) is 0 Å². The van der Waals surface area contributed by atoms with Crippen molar-refractivity contribution < 1.29 is 4.79 Å². The van der Waals surface area contributed by atoms with E-state index in [0.717, 1.165) is 18.4 Å². The quantitative estimate of drug-likeness (QED) is 0.563. The number of halogens is 1. The summed E-state index contributed by atoms with van der Waals surface area (Å²) in [6, 6.07) is 7.45. The highest BCUT2D eigenvalue weighted by Crippen LogP contribution is 2.11. The lowest BCUT2D eigenvalue weighted by Gasteiger charge is -2.11. The Hall–Kier alpha value is -2.10. The molecule has 0 spiro atoms. The summed E-state index contributed by atoms with van der Waals surface area (Å²) in [7, 11) is 2.73. The highest BCUT2D eigenvalue weighted by atomic mass is 127. The molecule has 0 aliphatic carbocycles. The van der Waals surface area contributed by atoms with E-state index in [0.29, 0.717) is 0 Å². The van der Waals surface area contributed by atoms with Gasteiger partial charge in [-0.2, -0.15) is 0 Å². The predicted molar refractivity (Wildman–Crippen MR) is 93.3 cm³/mol. The molecule has 0 saturated heterocycles. The van der Waals surface area contributed by atoms with Crippen molar-refractivity contribution in [3.05, 3.63) is 54.2 Å². The Balaban J connectivity index is 2.29. The Labute approximate surface area is 139 Å². The molecule has 0 radical (unpaired) electrons. The average Bonchev–Trinajstić information content (AvgIpc) is 2.50. The number of nitrogen functional groups attached to an aromatic ring is 1. The van der Waals surface area contributed by atoms with E-state index in [4.69, 9.17) is 5.73 Å². The zero-order valence-electron chi connectivity index (χ0n) is 12.1. The van der Waals surface area contributed by atoms with Gasteiger partial charge in [-0.15, -0.1) is 0 Å². The molecule has 0 saturated carbocycles. The summed E-state index contributed by atoms with van der Waals surface area (Å²) in [5.41, 5.74) is 5.07. The van der Waals surface area contributed by atoms with Crippen LogP contribution >= 0.6 is 22.6 Å². The normalized spacial score (nSPS) is 10.5. The molecule has 2 aromatic rings. The van der Waals surface area contributed by atoms with Crippen LogP contribution in [0.15, 0.2) is 33.9 Å². The van der Waals surface area contributed by atoms with Gasteiger partial charge >= 0.3 is 5.69 Å². The number of hydrogen-bond donors (Lipinski definition) is 2. The predicted octanol–water partition coefficient (Wildman–Crippen LogP) is 0.566. The molecule has 0 amide bonds. The minimum Gasteiger partial charge on any atom is -0.384 e. The van der Waals surface area contributed by atoms with Gasteiger partial charge in [-0.3, -0.25) is 18.7 Å². The van der Waals surface area contributed by atoms with Crippen molar-refractivity contribution in [1.29, 1.82) is 0 Å². The van der Waals surface area contributed by atoms with Crippen molar-refractivity contribution in [2.45, 2.75) is 0 Å². The van der Waals surface area contributed by atoms with Crippen LogP contribution in [0.2, 0.25) is 0 Å². The molecule has 1 heterocycles. The zero-order chi connectivity index (χ0) is 16.4. The van der Waals surface area contributed by atoms with Crippen LogP contribution in [0.5, 0.6) is 0 Å². The van der Waals surface area contributed by atoms with Gasteiger partial charge in [0.25, 0.3) is 5.56 Å². The maximum atomic E-state index is 12.3. The average molecular weight is 414 g/mol. The third-order valence-corrected chi connectivity index (χ3v) is 4.01. The van der Waals surface area contributed by atoms with E-state index in [9.17, 15) is 14.4 Å². The number of aromatic nitrogens is 2. The number of carbonyl (C=O) groups is 1. The van der Waals surface area contributed by atoms with E-state index in [1.165, 1.54) is 14.1 Å². The highest BCUT2D eigenvalue weighted by molar-refractivity contribution is 14.1. The number of ketones is 1. The summed E-state index contributed by atoms with van der Waals surface area (Å²) in [5.74, 6) is -0.588. The number of rotatable bonds is 4. The first-order chi connectivity index (χ1) is 10.3. The van der Waals surface area contributed by atoms with Gasteiger partial charge in [0.1, 0.15) is 11.4 Å². The number of nitrogens with two attached hydrogens (primary N) is 1. The van der Waals surface area contributed by atoms with Crippen LogP contribution in [0.1, 0.15) is 10.4 Å². The number of anilines is 2. The molecule has 8 heteroatoms. The molecule has 116 valence electrons. The summed E-state index contributed by atoms with van der Waals surface area (Å²) in [4.78, 5) is 36.1. The van der Waals surface area contributed by atoms with Gasteiger partial charge < -0.3 is 11.1 Å². The molecular formula is C14H15IN4O3. The summed E-state index contributed by atoms with van der Waals surface area (Å²) in [6.07, 6.45) is 0. The molecule has 0 bridgehead atoms. The SMILES string of the molecule is Cn1c(N)c(C(=O)CNc2ccc(I)cc2)c(=O)n(C)c1=O. The Morgan fingerprint density at radius 1 is 1.18 bits per heavy atom. The molecule has 0 fully saturated rings. The minimum absolute atomic E-state index is 0.0851. The van der Waals surface area contributed by atoms with Gasteiger partial charge in [-0.05, 0) is 46.9 Å². The first-order valence-corrected chi connectivity index (χ1v) is 7.49. The van der Waals surface area contributed by atoms with Gasteiger partial charge in [0.05, 0.1) is 6.54 Å². The summed E-state index contributed by atoms with van der Waals surface area (Å²) in [6.45, 7) is -0.0851. The molecule has 1 aromatic carbocycles. The zero-order valence-corrected chi connectivity index (χ0v) is 14.2. The Morgan fingerprint density at radius 2 is 1.77 bits per heavy atom. The second kappa shape index (κ2) is 6.34. The fourth-order valence-electron chi connectivity index (χ4n) is 1.96. The van der Waals surface area contributed by atoms with E-state index < -0.39 is 17.0 Å². The second-order valence-corrected chi connectivity index (χ2v) is 6.00. The topological polar surface area (TPSA) is 99.1 Å². The lowest BCUT2D eigenvalue weighted by molar-refractivity contribution is 0.100. The van der Waals surface area contributed by atoms with E-state index >= 15 is 0 Å². The molecule has 22 heavy (non-hydrogen) atoms. The van der Waals surface area contributed by atoms with Crippen molar-refractivity contribution in [3.63, 3.8) is 0 Å². The van der Waals surface area contributed by atoms with Crippen LogP contribution in [0.25, 0.3) is 0 Å². The highest BCUT2D eigenvalue weighted by Gasteiger charge is 2.19. The first-order valence-electron chi connectivity index (χ1n) is 6.41. The first kappa shape index (κ1) is 16.3. The third kappa shape index (κ3) is 3.06. The molecule has 0 atom stereocenters. The number of nitrogens with zero attached hydrogens (tertiary/aromatic N) is 2. The second-order valence-electron chi connectivity index (χ2n) is 4.75. The van der Waals surface area contributed by atoms with E-state index in [2.05, 4.69) is 27.9 Å². The smallest absolute Gasteiger partial charge is 0.332 e. The number of nitrogens with one attached hydrogen (secondary N) is 1. The van der Waals surface area contributed by atoms with Gasteiger partial charge in [-0.25, -0.2) is 4.79 Å². The maximum Gasteiger partial charge on any atom is 0.332 e. The number of hydrogen-bond acceptors (Lipinski definition) is 5. The summed E-state index contributed by atoms with van der Waals surface area (Å²) < 4.78 is 3.03. The molecule has 0 aliphatic heterocycles. The van der Waals surface area contributed by atoms with Crippen molar-refractivity contribution in [1.82, 2.24) is 9.13 Å².